The fraction of sp³-hybridized carbons (Fsp3) is 0.636. The lowest BCUT2D eigenvalue weighted by atomic mass is 10.2. The average Bonchev–Trinajstić information content (AvgIpc) is 2.59. The Bertz CT molecular complexity index is 358. The predicted molar refractivity (Wildman–Crippen MR) is 73.6 cm³/mol. The number of rotatable bonds is 6. The van der Waals surface area contributed by atoms with Crippen LogP contribution in [0.15, 0.2) is 0 Å². The molecule has 0 saturated heterocycles. The average molecular weight is 257 g/mol. The van der Waals surface area contributed by atoms with E-state index in [2.05, 4.69) is 25.8 Å². The highest BCUT2D eigenvalue weighted by Gasteiger charge is 2.13. The molecule has 0 radical (unpaired) electrons. The van der Waals surface area contributed by atoms with Gasteiger partial charge in [0, 0.05) is 5.75 Å². The molecule has 0 aromatic carbocycles. The largest absolute Gasteiger partial charge is 0.383 e. The zero-order valence-corrected chi connectivity index (χ0v) is 11.7. The summed E-state index contributed by atoms with van der Waals surface area (Å²) in [5, 5.41) is 9.23. The maximum Gasteiger partial charge on any atom is 0.135 e. The van der Waals surface area contributed by atoms with Crippen LogP contribution in [0.2, 0.25) is 0 Å². The molecule has 1 aromatic heterocycles. The number of thioether (sulfide) groups is 1. The number of nitrogens with one attached hydrogen (secondary N) is 1. The highest BCUT2D eigenvalue weighted by atomic mass is 32.2. The van der Waals surface area contributed by atoms with Crippen LogP contribution in [0.3, 0.4) is 0 Å². The van der Waals surface area contributed by atoms with Gasteiger partial charge in [-0.2, -0.15) is 11.8 Å². The minimum absolute atomic E-state index is 0.154. The van der Waals surface area contributed by atoms with Gasteiger partial charge in [-0.15, -0.1) is 11.3 Å². The van der Waals surface area contributed by atoms with Gasteiger partial charge in [0.15, 0.2) is 0 Å². The number of amidine groups is 1. The summed E-state index contributed by atoms with van der Waals surface area (Å²) in [6.45, 7) is 6.47. The fourth-order valence-electron chi connectivity index (χ4n) is 1.32. The van der Waals surface area contributed by atoms with Crippen LogP contribution in [0.25, 0.3) is 0 Å². The Kier molecular flexibility index (Phi) is 5.28. The molecule has 90 valence electrons. The van der Waals surface area contributed by atoms with Gasteiger partial charge in [-0.25, -0.2) is 4.98 Å². The molecule has 0 unspecified atom stereocenters. The van der Waals surface area contributed by atoms with Gasteiger partial charge in [0.25, 0.3) is 0 Å². The van der Waals surface area contributed by atoms with E-state index in [1.807, 2.05) is 11.8 Å². The first kappa shape index (κ1) is 13.5. The zero-order valence-electron chi connectivity index (χ0n) is 10.0. The third-order valence-electron chi connectivity index (χ3n) is 2.01. The van der Waals surface area contributed by atoms with E-state index >= 15 is 0 Å². The maximum absolute atomic E-state index is 7.53. The van der Waals surface area contributed by atoms with Gasteiger partial charge in [-0.1, -0.05) is 27.2 Å². The van der Waals surface area contributed by atoms with Crippen LogP contribution in [0, 0.1) is 5.41 Å². The molecule has 0 saturated carbocycles. The number of nitrogens with two attached hydrogens (primary N) is 1. The molecule has 0 aliphatic heterocycles. The molecule has 3 nitrogen and oxygen atoms in total. The minimum Gasteiger partial charge on any atom is -0.383 e. The van der Waals surface area contributed by atoms with E-state index in [9.17, 15) is 0 Å². The number of nitrogens with zero attached hydrogens (tertiary/aromatic N) is 1. The topological polar surface area (TPSA) is 62.8 Å². The van der Waals surface area contributed by atoms with Crippen molar-refractivity contribution in [2.75, 3.05) is 0 Å². The summed E-state index contributed by atoms with van der Waals surface area (Å²) in [6, 6.07) is 0. The van der Waals surface area contributed by atoms with Gasteiger partial charge in [0.2, 0.25) is 0 Å². The number of aromatic nitrogens is 1. The summed E-state index contributed by atoms with van der Waals surface area (Å²) in [7, 11) is 0. The molecule has 3 N–H and O–H groups in total. The zero-order chi connectivity index (χ0) is 12.1. The lowest BCUT2D eigenvalue weighted by Crippen LogP contribution is -2.11. The second kappa shape index (κ2) is 6.25. The number of thiazole rings is 1. The first-order chi connectivity index (χ1) is 7.54. The quantitative estimate of drug-likeness (QED) is 0.608. The van der Waals surface area contributed by atoms with Crippen LogP contribution in [0.4, 0.5) is 0 Å². The van der Waals surface area contributed by atoms with Gasteiger partial charge in [-0.3, -0.25) is 5.41 Å². The Morgan fingerprint density at radius 1 is 1.56 bits per heavy atom. The first-order valence-corrected chi connectivity index (χ1v) is 7.35. The monoisotopic (exact) mass is 257 g/mol. The summed E-state index contributed by atoms with van der Waals surface area (Å²) >= 11 is 3.44. The number of nitrogen functional groups attached to an aromatic ring is 1. The van der Waals surface area contributed by atoms with Crippen LogP contribution < -0.4 is 5.73 Å². The van der Waals surface area contributed by atoms with E-state index < -0.39 is 0 Å². The minimum atomic E-state index is 0.154. The molecule has 5 heteroatoms. The Balaban J connectivity index is 2.79. The third-order valence-corrected chi connectivity index (χ3v) is 4.43. The van der Waals surface area contributed by atoms with Gasteiger partial charge >= 0.3 is 0 Å². The normalized spacial score (nSPS) is 11.0. The summed E-state index contributed by atoms with van der Waals surface area (Å²) in [5.74, 6) is 1.08. The van der Waals surface area contributed by atoms with Crippen LogP contribution >= 0.6 is 23.1 Å². The second-order valence-electron chi connectivity index (χ2n) is 3.91. The maximum atomic E-state index is 7.53. The molecule has 0 aliphatic carbocycles. The Labute approximate surface area is 105 Å². The molecule has 0 atom stereocenters. The van der Waals surface area contributed by atoms with Crippen molar-refractivity contribution < 1.29 is 0 Å². The summed E-state index contributed by atoms with van der Waals surface area (Å²) in [6.07, 6.45) is 1.96. The molecule has 0 aliphatic rings. The number of aryl methyl sites for hydroxylation is 1. The summed E-state index contributed by atoms with van der Waals surface area (Å²) in [4.78, 5) is 5.43. The van der Waals surface area contributed by atoms with Crippen molar-refractivity contribution in [1.82, 2.24) is 4.98 Å². The molecular formula is C11H19N3S2. The van der Waals surface area contributed by atoms with Crippen molar-refractivity contribution in [2.24, 2.45) is 5.73 Å². The highest BCUT2D eigenvalue weighted by molar-refractivity contribution is 7.99. The Hall–Kier alpha value is -0.550. The van der Waals surface area contributed by atoms with E-state index in [4.69, 9.17) is 11.1 Å². The van der Waals surface area contributed by atoms with Gasteiger partial charge < -0.3 is 5.73 Å². The molecular weight excluding hydrogens is 238 g/mol. The fourth-order valence-corrected chi connectivity index (χ4v) is 3.06. The number of hydrogen-bond donors (Lipinski definition) is 2. The molecule has 16 heavy (non-hydrogen) atoms. The predicted octanol–water partition coefficient (Wildman–Crippen LogP) is 3.02. The van der Waals surface area contributed by atoms with Crippen molar-refractivity contribution >= 4 is 28.9 Å². The standard InChI is InChI=1S/C11H19N3S2/c1-4-5-8-10(11(12)13)16-9(14-8)6-15-7(2)3/h7H,4-6H2,1-3H3,(H3,12,13). The van der Waals surface area contributed by atoms with E-state index in [0.717, 1.165) is 34.2 Å². The number of hydrogen-bond acceptors (Lipinski definition) is 4. The molecule has 0 spiro atoms. The van der Waals surface area contributed by atoms with Crippen molar-refractivity contribution in [1.29, 1.82) is 5.41 Å². The van der Waals surface area contributed by atoms with Gasteiger partial charge in [0.05, 0.1) is 10.6 Å². The van der Waals surface area contributed by atoms with Gasteiger partial charge in [-0.05, 0) is 11.7 Å². The van der Waals surface area contributed by atoms with Crippen molar-refractivity contribution in [2.45, 2.75) is 44.6 Å². The molecule has 1 heterocycles. The van der Waals surface area contributed by atoms with Gasteiger partial charge in [0.1, 0.15) is 10.8 Å². The molecule has 0 amide bonds. The molecule has 0 bridgehead atoms. The molecule has 1 rings (SSSR count). The lowest BCUT2D eigenvalue weighted by Gasteiger charge is -2.00. The van der Waals surface area contributed by atoms with E-state index in [0.29, 0.717) is 5.25 Å². The lowest BCUT2D eigenvalue weighted by molar-refractivity contribution is 0.884. The van der Waals surface area contributed by atoms with Crippen LogP contribution in [0.5, 0.6) is 0 Å². The first-order valence-electron chi connectivity index (χ1n) is 5.49. The Morgan fingerprint density at radius 2 is 2.25 bits per heavy atom. The van der Waals surface area contributed by atoms with E-state index in [1.54, 1.807) is 11.3 Å². The van der Waals surface area contributed by atoms with Crippen LogP contribution in [-0.2, 0) is 12.2 Å². The van der Waals surface area contributed by atoms with Crippen molar-refractivity contribution in [3.8, 4) is 0 Å². The van der Waals surface area contributed by atoms with Crippen LogP contribution in [0.1, 0.15) is 42.8 Å². The SMILES string of the molecule is CCCc1nc(CSC(C)C)sc1C(=N)N. The summed E-state index contributed by atoms with van der Waals surface area (Å²) < 4.78 is 0. The Morgan fingerprint density at radius 3 is 2.75 bits per heavy atom. The van der Waals surface area contributed by atoms with E-state index in [1.165, 1.54) is 0 Å². The summed E-state index contributed by atoms with van der Waals surface area (Å²) in [5.41, 5.74) is 6.56. The van der Waals surface area contributed by atoms with E-state index in [-0.39, 0.29) is 5.84 Å². The highest BCUT2D eigenvalue weighted by Crippen LogP contribution is 2.24. The van der Waals surface area contributed by atoms with Crippen molar-refractivity contribution in [3.63, 3.8) is 0 Å². The molecule has 0 fully saturated rings. The van der Waals surface area contributed by atoms with Crippen molar-refractivity contribution in [3.05, 3.63) is 15.6 Å². The molecule has 1 aromatic rings. The van der Waals surface area contributed by atoms with Crippen LogP contribution in [-0.4, -0.2) is 16.1 Å². The second-order valence-corrected chi connectivity index (χ2v) is 6.56. The third kappa shape index (κ3) is 3.79. The smallest absolute Gasteiger partial charge is 0.135 e.